The molecule has 21 heavy (non-hydrogen) atoms. The molecule has 4 nitrogen and oxygen atoms in total. The van der Waals surface area contributed by atoms with Crippen LogP contribution in [0.15, 0.2) is 42.5 Å². The number of amides is 1. The van der Waals surface area contributed by atoms with Crippen LogP contribution in [0.25, 0.3) is 0 Å². The Morgan fingerprint density at radius 2 is 1.90 bits per heavy atom. The first-order valence-corrected chi connectivity index (χ1v) is 6.90. The minimum Gasteiger partial charge on any atom is -0.398 e. The maximum atomic E-state index is 12.2. The van der Waals surface area contributed by atoms with E-state index in [2.05, 4.69) is 11.4 Å². The highest BCUT2D eigenvalue weighted by atomic mass is 16.2. The lowest BCUT2D eigenvalue weighted by Gasteiger charge is -2.19. The van der Waals surface area contributed by atoms with E-state index in [4.69, 9.17) is 5.73 Å². The molecule has 2 aromatic carbocycles. The number of nitrogens with two attached hydrogens (primary N) is 1. The van der Waals surface area contributed by atoms with E-state index < -0.39 is 0 Å². The molecule has 0 atom stereocenters. The van der Waals surface area contributed by atoms with Crippen LogP contribution in [0, 0.1) is 13.8 Å². The summed E-state index contributed by atoms with van der Waals surface area (Å²) in [5.41, 5.74) is 10.4. The molecule has 0 radical (unpaired) electrons. The zero-order valence-electron chi connectivity index (χ0n) is 12.7. The molecule has 3 N–H and O–H groups in total. The van der Waals surface area contributed by atoms with Crippen LogP contribution < -0.4 is 16.0 Å². The summed E-state index contributed by atoms with van der Waals surface area (Å²) in [6.07, 6.45) is 0. The monoisotopic (exact) mass is 283 g/mol. The number of nitrogens with one attached hydrogen (secondary N) is 1. The van der Waals surface area contributed by atoms with E-state index in [1.54, 1.807) is 0 Å². The number of likely N-dealkylation sites (N-methyl/N-ethyl adjacent to an activating group) is 1. The second-order valence-corrected chi connectivity index (χ2v) is 5.26. The van der Waals surface area contributed by atoms with E-state index in [0.29, 0.717) is 5.69 Å². The Morgan fingerprint density at radius 3 is 2.62 bits per heavy atom. The number of rotatable bonds is 4. The maximum Gasteiger partial charge on any atom is 0.243 e. The molecule has 0 aliphatic rings. The molecule has 4 heteroatoms. The fourth-order valence-electron chi connectivity index (χ4n) is 2.15. The van der Waals surface area contributed by atoms with Gasteiger partial charge in [0.05, 0.1) is 6.54 Å². The number of nitrogen functional groups attached to an aromatic ring is 1. The fourth-order valence-corrected chi connectivity index (χ4v) is 2.15. The van der Waals surface area contributed by atoms with Crippen LogP contribution in [0.1, 0.15) is 11.1 Å². The number of carbonyl (C=O) groups excluding carboxylic acids is 1. The predicted octanol–water partition coefficient (Wildman–Crippen LogP) is 2.96. The van der Waals surface area contributed by atoms with Crippen molar-refractivity contribution in [2.45, 2.75) is 13.8 Å². The molecule has 0 spiro atoms. The van der Waals surface area contributed by atoms with Gasteiger partial charge in [-0.3, -0.25) is 4.79 Å². The lowest BCUT2D eigenvalue weighted by molar-refractivity contribution is -0.114. The Hall–Kier alpha value is -2.49. The minimum absolute atomic E-state index is 0.0623. The molecule has 110 valence electrons. The molecule has 0 saturated carbocycles. The molecule has 0 aliphatic heterocycles. The molecule has 0 bridgehead atoms. The highest BCUT2D eigenvalue weighted by molar-refractivity contribution is 5.95. The van der Waals surface area contributed by atoms with E-state index >= 15 is 0 Å². The molecular formula is C17H21N3O. The van der Waals surface area contributed by atoms with Crippen molar-refractivity contribution in [2.24, 2.45) is 0 Å². The van der Waals surface area contributed by atoms with Gasteiger partial charge < -0.3 is 16.0 Å². The van der Waals surface area contributed by atoms with Gasteiger partial charge in [0, 0.05) is 24.1 Å². The highest BCUT2D eigenvalue weighted by Gasteiger charge is 2.10. The normalized spacial score (nSPS) is 10.2. The Morgan fingerprint density at radius 1 is 1.19 bits per heavy atom. The van der Waals surface area contributed by atoms with E-state index in [9.17, 15) is 4.79 Å². The highest BCUT2D eigenvalue weighted by Crippen LogP contribution is 2.20. The summed E-state index contributed by atoms with van der Waals surface area (Å²) >= 11 is 0. The third-order valence-electron chi connectivity index (χ3n) is 3.47. The van der Waals surface area contributed by atoms with Gasteiger partial charge in [-0.25, -0.2) is 0 Å². The van der Waals surface area contributed by atoms with Crippen molar-refractivity contribution >= 4 is 23.0 Å². The molecule has 2 rings (SSSR count). The molecule has 0 heterocycles. The third-order valence-corrected chi connectivity index (χ3v) is 3.47. The van der Waals surface area contributed by atoms with Crippen molar-refractivity contribution in [1.82, 2.24) is 0 Å². The van der Waals surface area contributed by atoms with Crippen LogP contribution in [0.5, 0.6) is 0 Å². The summed E-state index contributed by atoms with van der Waals surface area (Å²) in [7, 11) is 1.90. The van der Waals surface area contributed by atoms with Gasteiger partial charge >= 0.3 is 0 Å². The molecule has 0 aromatic heterocycles. The zero-order valence-corrected chi connectivity index (χ0v) is 12.7. The van der Waals surface area contributed by atoms with Crippen LogP contribution in [0.3, 0.4) is 0 Å². The standard InChI is InChI=1S/C17H21N3O/c1-12-6-4-7-14(10-12)20(3)11-17(21)19-16-9-5-8-15(18)13(16)2/h4-10H,11,18H2,1-3H3,(H,19,21). The molecule has 0 unspecified atom stereocenters. The fraction of sp³-hybridized carbons (Fsp3) is 0.235. The average Bonchev–Trinajstić information content (AvgIpc) is 2.44. The van der Waals surface area contributed by atoms with Crippen molar-refractivity contribution in [3.63, 3.8) is 0 Å². The van der Waals surface area contributed by atoms with Gasteiger partial charge in [-0.15, -0.1) is 0 Å². The lowest BCUT2D eigenvalue weighted by atomic mass is 10.1. The maximum absolute atomic E-state index is 12.2. The Balaban J connectivity index is 2.03. The van der Waals surface area contributed by atoms with Gasteiger partial charge in [-0.1, -0.05) is 18.2 Å². The molecule has 0 aliphatic carbocycles. The number of carbonyl (C=O) groups is 1. The van der Waals surface area contributed by atoms with Crippen LogP contribution in [-0.4, -0.2) is 19.5 Å². The number of hydrogen-bond donors (Lipinski definition) is 2. The first kappa shape index (κ1) is 14.9. The van der Waals surface area contributed by atoms with E-state index in [0.717, 1.165) is 16.9 Å². The van der Waals surface area contributed by atoms with E-state index in [-0.39, 0.29) is 12.5 Å². The number of benzene rings is 2. The molecule has 0 saturated heterocycles. The van der Waals surface area contributed by atoms with Gasteiger partial charge in [0.2, 0.25) is 5.91 Å². The largest absolute Gasteiger partial charge is 0.398 e. The second-order valence-electron chi connectivity index (χ2n) is 5.26. The Kier molecular flexibility index (Phi) is 4.48. The SMILES string of the molecule is Cc1cccc(N(C)CC(=O)Nc2cccc(N)c2C)c1. The number of nitrogens with zero attached hydrogens (tertiary/aromatic N) is 1. The number of aryl methyl sites for hydroxylation is 1. The molecule has 2 aromatic rings. The first-order valence-electron chi connectivity index (χ1n) is 6.90. The van der Waals surface area contributed by atoms with Crippen molar-refractivity contribution in [3.05, 3.63) is 53.6 Å². The molecular weight excluding hydrogens is 262 g/mol. The average molecular weight is 283 g/mol. The smallest absolute Gasteiger partial charge is 0.243 e. The van der Waals surface area contributed by atoms with E-state index in [1.165, 1.54) is 5.56 Å². The summed E-state index contributed by atoms with van der Waals surface area (Å²) < 4.78 is 0. The second kappa shape index (κ2) is 6.31. The van der Waals surface area contributed by atoms with Crippen molar-refractivity contribution in [2.75, 3.05) is 29.5 Å². The summed E-state index contributed by atoms with van der Waals surface area (Å²) in [6, 6.07) is 13.6. The van der Waals surface area contributed by atoms with Gasteiger partial charge in [0.1, 0.15) is 0 Å². The molecule has 0 fully saturated rings. The first-order chi connectivity index (χ1) is 9.97. The topological polar surface area (TPSA) is 58.4 Å². The Labute approximate surface area is 125 Å². The molecule has 1 amide bonds. The predicted molar refractivity (Wildman–Crippen MR) is 88.7 cm³/mol. The zero-order chi connectivity index (χ0) is 15.4. The number of hydrogen-bond acceptors (Lipinski definition) is 3. The van der Waals surface area contributed by atoms with Crippen molar-refractivity contribution < 1.29 is 4.79 Å². The van der Waals surface area contributed by atoms with Gasteiger partial charge in [-0.2, -0.15) is 0 Å². The summed E-state index contributed by atoms with van der Waals surface area (Å²) in [5, 5.41) is 2.91. The third kappa shape index (κ3) is 3.75. The van der Waals surface area contributed by atoms with Crippen LogP contribution >= 0.6 is 0 Å². The number of anilines is 3. The van der Waals surface area contributed by atoms with Crippen LogP contribution in [0.4, 0.5) is 17.1 Å². The van der Waals surface area contributed by atoms with Gasteiger partial charge in [0.15, 0.2) is 0 Å². The van der Waals surface area contributed by atoms with Crippen LogP contribution in [0.2, 0.25) is 0 Å². The summed E-state index contributed by atoms with van der Waals surface area (Å²) in [4.78, 5) is 14.1. The van der Waals surface area contributed by atoms with Crippen LogP contribution in [-0.2, 0) is 4.79 Å². The summed E-state index contributed by atoms with van der Waals surface area (Å²) in [6.45, 7) is 4.22. The summed E-state index contributed by atoms with van der Waals surface area (Å²) in [5.74, 6) is -0.0623. The van der Waals surface area contributed by atoms with E-state index in [1.807, 2.05) is 62.2 Å². The van der Waals surface area contributed by atoms with Crippen molar-refractivity contribution in [3.8, 4) is 0 Å². The lowest BCUT2D eigenvalue weighted by Crippen LogP contribution is -2.30. The van der Waals surface area contributed by atoms with Crippen molar-refractivity contribution in [1.29, 1.82) is 0 Å². The van der Waals surface area contributed by atoms with Gasteiger partial charge in [0.25, 0.3) is 0 Å². The Bertz CT molecular complexity index is 652. The van der Waals surface area contributed by atoms with Gasteiger partial charge in [-0.05, 0) is 49.2 Å². The quantitative estimate of drug-likeness (QED) is 0.848. The minimum atomic E-state index is -0.0623.